The molecule has 0 radical (unpaired) electrons. The average molecular weight is 517 g/mol. The van der Waals surface area contributed by atoms with E-state index >= 15 is 0 Å². The molecule has 1 heterocycles. The topological polar surface area (TPSA) is 72.2 Å². The number of benzene rings is 2. The van der Waals surface area contributed by atoms with Crippen LogP contribution in [0.25, 0.3) is 10.8 Å². The van der Waals surface area contributed by atoms with Gasteiger partial charge in [-0.3, -0.25) is 9.59 Å². The van der Waals surface area contributed by atoms with Gasteiger partial charge in [0.25, 0.3) is 5.56 Å². The van der Waals surface area contributed by atoms with Gasteiger partial charge in [0.1, 0.15) is 11.7 Å². The molecule has 1 unspecified atom stereocenters. The minimum absolute atomic E-state index is 0.0692. The van der Waals surface area contributed by atoms with E-state index in [2.05, 4.69) is 21.0 Å². The molecule has 1 atom stereocenters. The maximum Gasteiger partial charge on any atom is 0.313 e. The lowest BCUT2D eigenvalue weighted by Crippen LogP contribution is -2.23. The number of nitrogens with zero attached hydrogens (tertiary/aromatic N) is 2. The minimum atomic E-state index is -1.13. The maximum atomic E-state index is 14.1. The second-order valence-corrected chi connectivity index (χ2v) is 7.26. The number of fused-ring (bicyclic) bond motifs is 1. The normalized spacial score (nSPS) is 12.3. The highest BCUT2D eigenvalue weighted by molar-refractivity contribution is 14.1. The van der Waals surface area contributed by atoms with E-state index in [4.69, 9.17) is 0 Å². The summed E-state index contributed by atoms with van der Waals surface area (Å²) in [5, 5.41) is 14.7. The van der Waals surface area contributed by atoms with Crippen LogP contribution in [0.2, 0.25) is 0 Å². The van der Waals surface area contributed by atoms with E-state index < -0.39 is 17.7 Å². The molecule has 0 aliphatic carbocycles. The molecule has 0 saturated heterocycles. The van der Waals surface area contributed by atoms with Gasteiger partial charge in [0.05, 0.1) is 33.9 Å². The average Bonchev–Trinajstić information content (AvgIpc) is 2.57. The SMILES string of the molecule is O=C(O)C(Cc1ccc(Br)cc1F)c1nn(I)c(=O)c2ccccc12. The summed E-state index contributed by atoms with van der Waals surface area (Å²) in [7, 11) is 0. The fraction of sp³-hybridized carbons (Fsp3) is 0.118. The number of carboxylic acids is 1. The standard InChI is InChI=1S/C17H11BrFIN2O3/c18-10-6-5-9(14(19)8-10)7-13(17(24)25)15-11-3-1-2-4-12(11)16(23)22(20)21-15/h1-6,8,13H,7H2,(H,24,25). The largest absolute Gasteiger partial charge is 0.481 e. The van der Waals surface area contributed by atoms with Gasteiger partial charge >= 0.3 is 5.97 Å². The van der Waals surface area contributed by atoms with Gasteiger partial charge in [0.15, 0.2) is 0 Å². The zero-order valence-electron chi connectivity index (χ0n) is 12.6. The predicted octanol–water partition coefficient (Wildman–Crippen LogP) is 3.91. The highest BCUT2D eigenvalue weighted by Crippen LogP contribution is 2.27. The first-order valence-corrected chi connectivity index (χ1v) is 8.99. The van der Waals surface area contributed by atoms with Gasteiger partial charge in [-0.15, -0.1) is 0 Å². The van der Waals surface area contributed by atoms with Gasteiger partial charge in [0.2, 0.25) is 0 Å². The molecular weight excluding hydrogens is 506 g/mol. The molecule has 3 rings (SSSR count). The van der Waals surface area contributed by atoms with Crippen LogP contribution >= 0.6 is 38.8 Å². The molecule has 0 aliphatic rings. The lowest BCUT2D eigenvalue weighted by molar-refractivity contribution is -0.138. The molecule has 1 N–H and O–H groups in total. The van der Waals surface area contributed by atoms with E-state index in [9.17, 15) is 19.1 Å². The van der Waals surface area contributed by atoms with Crippen LogP contribution in [0.1, 0.15) is 17.2 Å². The van der Waals surface area contributed by atoms with Crippen molar-refractivity contribution in [2.75, 3.05) is 0 Å². The van der Waals surface area contributed by atoms with Gasteiger partial charge in [0, 0.05) is 9.86 Å². The van der Waals surface area contributed by atoms with Crippen LogP contribution in [-0.2, 0) is 11.2 Å². The van der Waals surface area contributed by atoms with Crippen molar-refractivity contribution in [2.45, 2.75) is 12.3 Å². The zero-order valence-corrected chi connectivity index (χ0v) is 16.4. The molecule has 1 aromatic heterocycles. The van der Waals surface area contributed by atoms with Crippen LogP contribution in [0.3, 0.4) is 0 Å². The Kier molecular flexibility index (Phi) is 5.19. The van der Waals surface area contributed by atoms with Gasteiger partial charge in [-0.2, -0.15) is 7.99 Å². The van der Waals surface area contributed by atoms with Crippen molar-refractivity contribution in [3.05, 3.63) is 74.4 Å². The Morgan fingerprint density at radius 1 is 1.28 bits per heavy atom. The van der Waals surface area contributed by atoms with Crippen molar-refractivity contribution in [2.24, 2.45) is 0 Å². The fourth-order valence-electron chi connectivity index (χ4n) is 2.65. The van der Waals surface area contributed by atoms with Gasteiger partial charge in [-0.05, 0) is 30.2 Å². The Morgan fingerprint density at radius 2 is 1.96 bits per heavy atom. The second-order valence-electron chi connectivity index (χ2n) is 5.43. The summed E-state index contributed by atoms with van der Waals surface area (Å²) >= 11 is 4.90. The smallest absolute Gasteiger partial charge is 0.313 e. The van der Waals surface area contributed by atoms with Crippen LogP contribution in [0.5, 0.6) is 0 Å². The number of aromatic nitrogens is 2. The third kappa shape index (κ3) is 3.59. The second kappa shape index (κ2) is 7.20. The zero-order chi connectivity index (χ0) is 18.1. The number of carbonyl (C=O) groups is 1. The van der Waals surface area contributed by atoms with E-state index in [1.165, 1.54) is 12.1 Å². The lowest BCUT2D eigenvalue weighted by atomic mass is 9.93. The van der Waals surface area contributed by atoms with E-state index in [0.29, 0.717) is 15.2 Å². The molecule has 5 nitrogen and oxygen atoms in total. The van der Waals surface area contributed by atoms with E-state index in [0.717, 1.165) is 2.90 Å². The highest BCUT2D eigenvalue weighted by atomic mass is 127. The molecule has 128 valence electrons. The van der Waals surface area contributed by atoms with Crippen molar-refractivity contribution in [1.82, 2.24) is 7.99 Å². The third-order valence-corrected chi connectivity index (χ3v) is 5.01. The number of hydrogen-bond acceptors (Lipinski definition) is 3. The van der Waals surface area contributed by atoms with E-state index in [1.54, 1.807) is 53.2 Å². The molecule has 25 heavy (non-hydrogen) atoms. The molecule has 0 saturated carbocycles. The summed E-state index contributed by atoms with van der Waals surface area (Å²) in [6.07, 6.45) is -0.0692. The molecule has 0 fully saturated rings. The molecular formula is C17H11BrFIN2O3. The Morgan fingerprint density at radius 3 is 2.60 bits per heavy atom. The van der Waals surface area contributed by atoms with Crippen molar-refractivity contribution < 1.29 is 14.3 Å². The fourth-order valence-corrected chi connectivity index (χ4v) is 3.48. The maximum absolute atomic E-state index is 14.1. The van der Waals surface area contributed by atoms with Crippen LogP contribution in [0, 0.1) is 5.82 Å². The molecule has 0 amide bonds. The summed E-state index contributed by atoms with van der Waals surface area (Å²) in [4.78, 5) is 24.1. The number of rotatable bonds is 4. The van der Waals surface area contributed by atoms with Crippen molar-refractivity contribution in [3.63, 3.8) is 0 Å². The van der Waals surface area contributed by atoms with Crippen LogP contribution in [0.4, 0.5) is 4.39 Å². The number of carboxylic acid groups (broad SMARTS) is 1. The summed E-state index contributed by atoms with van der Waals surface area (Å²) in [5.74, 6) is -2.70. The number of aliphatic carboxylic acids is 1. The molecule has 3 aromatic rings. The minimum Gasteiger partial charge on any atom is -0.481 e. The van der Waals surface area contributed by atoms with Gasteiger partial charge < -0.3 is 5.11 Å². The first-order chi connectivity index (χ1) is 11.9. The summed E-state index contributed by atoms with van der Waals surface area (Å²) in [6.45, 7) is 0. The van der Waals surface area contributed by atoms with Crippen LogP contribution in [-0.4, -0.2) is 19.1 Å². The monoisotopic (exact) mass is 516 g/mol. The summed E-state index contributed by atoms with van der Waals surface area (Å²) in [5.41, 5.74) is 0.186. The molecule has 0 spiro atoms. The van der Waals surface area contributed by atoms with Crippen LogP contribution in [0.15, 0.2) is 51.7 Å². The Bertz CT molecular complexity index is 1040. The van der Waals surface area contributed by atoms with E-state index in [1.807, 2.05) is 0 Å². The Labute approximate surface area is 164 Å². The summed E-state index contributed by atoms with van der Waals surface area (Å²) in [6, 6.07) is 11.2. The first-order valence-electron chi connectivity index (χ1n) is 7.23. The van der Waals surface area contributed by atoms with Crippen LogP contribution < -0.4 is 5.56 Å². The highest BCUT2D eigenvalue weighted by Gasteiger charge is 2.27. The predicted molar refractivity (Wildman–Crippen MR) is 104 cm³/mol. The third-order valence-electron chi connectivity index (χ3n) is 3.86. The number of halogens is 3. The number of hydrogen-bond donors (Lipinski definition) is 1. The molecule has 0 bridgehead atoms. The van der Waals surface area contributed by atoms with E-state index in [-0.39, 0.29) is 23.2 Å². The van der Waals surface area contributed by atoms with Crippen molar-refractivity contribution >= 4 is 55.5 Å². The van der Waals surface area contributed by atoms with Crippen molar-refractivity contribution in [3.8, 4) is 0 Å². The Hall–Kier alpha value is -1.81. The molecule has 0 aliphatic heterocycles. The van der Waals surface area contributed by atoms with Gasteiger partial charge in [-0.25, -0.2) is 4.39 Å². The summed E-state index contributed by atoms with van der Waals surface area (Å²) < 4.78 is 15.8. The first kappa shape index (κ1) is 18.0. The quantitative estimate of drug-likeness (QED) is 0.534. The molecule has 2 aromatic carbocycles. The molecule has 8 heteroatoms. The van der Waals surface area contributed by atoms with Gasteiger partial charge in [-0.1, -0.05) is 40.2 Å². The van der Waals surface area contributed by atoms with Crippen molar-refractivity contribution in [1.29, 1.82) is 0 Å². The lowest BCUT2D eigenvalue weighted by Gasteiger charge is -2.15. The Balaban J connectivity index is 2.16.